The zero-order valence-corrected chi connectivity index (χ0v) is 15.7. The van der Waals surface area contributed by atoms with E-state index in [0.717, 1.165) is 38.8 Å². The fourth-order valence-electron chi connectivity index (χ4n) is 2.46. The summed E-state index contributed by atoms with van der Waals surface area (Å²) >= 11 is 3.51. The molecule has 0 unspecified atom stereocenters. The number of aliphatic imine (C=N–C) groups is 1. The van der Waals surface area contributed by atoms with Gasteiger partial charge in [-0.2, -0.15) is 0 Å². The van der Waals surface area contributed by atoms with E-state index in [-0.39, 0.29) is 6.79 Å². The smallest absolute Gasteiger partial charge is 0.231 e. The molecule has 0 radical (unpaired) electrons. The van der Waals surface area contributed by atoms with Gasteiger partial charge in [-0.1, -0.05) is 12.1 Å². The van der Waals surface area contributed by atoms with Crippen molar-refractivity contribution in [2.24, 2.45) is 4.99 Å². The molecule has 0 amide bonds. The number of guanidine groups is 1. The minimum Gasteiger partial charge on any atom is -0.497 e. The summed E-state index contributed by atoms with van der Waals surface area (Å²) in [4.78, 5) is 4.25. The number of nitrogens with one attached hydrogen (secondary N) is 2. The van der Waals surface area contributed by atoms with Gasteiger partial charge in [0.1, 0.15) is 5.75 Å². The van der Waals surface area contributed by atoms with Crippen molar-refractivity contribution in [3.05, 3.63) is 52.0 Å². The second-order valence-electron chi connectivity index (χ2n) is 5.44. The van der Waals surface area contributed by atoms with Gasteiger partial charge < -0.3 is 24.8 Å². The molecule has 132 valence electrons. The SMILES string of the molecule is CN=C(NCc1ccc(OC)cc1)NCc1cc(Br)c2c(c1)OCO2. The maximum atomic E-state index is 5.44. The van der Waals surface area contributed by atoms with E-state index < -0.39 is 0 Å². The van der Waals surface area contributed by atoms with Gasteiger partial charge in [0.2, 0.25) is 6.79 Å². The van der Waals surface area contributed by atoms with Crippen LogP contribution in [-0.2, 0) is 13.1 Å². The molecule has 0 bridgehead atoms. The lowest BCUT2D eigenvalue weighted by Gasteiger charge is -2.13. The normalized spacial score (nSPS) is 12.8. The van der Waals surface area contributed by atoms with Crippen molar-refractivity contribution in [2.75, 3.05) is 21.0 Å². The molecule has 2 N–H and O–H groups in total. The molecule has 0 atom stereocenters. The minimum atomic E-state index is 0.260. The lowest BCUT2D eigenvalue weighted by atomic mass is 10.2. The van der Waals surface area contributed by atoms with Crippen molar-refractivity contribution in [3.63, 3.8) is 0 Å². The zero-order valence-electron chi connectivity index (χ0n) is 14.1. The van der Waals surface area contributed by atoms with Gasteiger partial charge in [0, 0.05) is 20.1 Å². The predicted molar refractivity (Wildman–Crippen MR) is 100 cm³/mol. The molecule has 1 aliphatic heterocycles. The summed E-state index contributed by atoms with van der Waals surface area (Å²) < 4.78 is 16.9. The first-order chi connectivity index (χ1) is 12.2. The summed E-state index contributed by atoms with van der Waals surface area (Å²) in [6, 6.07) is 11.9. The summed E-state index contributed by atoms with van der Waals surface area (Å²) in [5.41, 5.74) is 2.22. The van der Waals surface area contributed by atoms with E-state index in [4.69, 9.17) is 14.2 Å². The average Bonchev–Trinajstić information content (AvgIpc) is 3.11. The summed E-state index contributed by atoms with van der Waals surface area (Å²) in [5, 5.41) is 6.58. The van der Waals surface area contributed by atoms with Crippen LogP contribution < -0.4 is 24.8 Å². The quantitative estimate of drug-likeness (QED) is 0.591. The van der Waals surface area contributed by atoms with Gasteiger partial charge in [-0.25, -0.2) is 0 Å². The van der Waals surface area contributed by atoms with Crippen molar-refractivity contribution in [2.45, 2.75) is 13.1 Å². The third-order valence-electron chi connectivity index (χ3n) is 3.79. The van der Waals surface area contributed by atoms with E-state index in [9.17, 15) is 0 Å². The van der Waals surface area contributed by atoms with Crippen molar-refractivity contribution < 1.29 is 14.2 Å². The van der Waals surface area contributed by atoms with E-state index in [1.807, 2.05) is 36.4 Å². The van der Waals surface area contributed by atoms with Crippen molar-refractivity contribution in [3.8, 4) is 17.2 Å². The summed E-state index contributed by atoms with van der Waals surface area (Å²) in [5.74, 6) is 3.09. The van der Waals surface area contributed by atoms with Crippen LogP contribution in [0.25, 0.3) is 0 Å². The highest BCUT2D eigenvalue weighted by atomic mass is 79.9. The molecule has 6 nitrogen and oxygen atoms in total. The molecular formula is C18H20BrN3O3. The first-order valence-corrected chi connectivity index (χ1v) is 8.64. The van der Waals surface area contributed by atoms with Crippen LogP contribution in [0, 0.1) is 0 Å². The van der Waals surface area contributed by atoms with E-state index >= 15 is 0 Å². The number of halogens is 1. The molecule has 2 aromatic rings. The highest BCUT2D eigenvalue weighted by Crippen LogP contribution is 2.39. The summed E-state index contributed by atoms with van der Waals surface area (Å²) in [6.45, 7) is 1.56. The van der Waals surface area contributed by atoms with Crippen LogP contribution in [-0.4, -0.2) is 26.9 Å². The average molecular weight is 406 g/mol. The van der Waals surface area contributed by atoms with Crippen molar-refractivity contribution in [1.82, 2.24) is 10.6 Å². The third kappa shape index (κ3) is 4.36. The van der Waals surface area contributed by atoms with Crippen LogP contribution >= 0.6 is 15.9 Å². The van der Waals surface area contributed by atoms with E-state index in [2.05, 4.69) is 31.6 Å². The van der Waals surface area contributed by atoms with Crippen LogP contribution in [0.5, 0.6) is 17.2 Å². The number of ether oxygens (including phenoxy) is 3. The molecule has 3 rings (SSSR count). The number of benzene rings is 2. The van der Waals surface area contributed by atoms with Gasteiger partial charge in [-0.15, -0.1) is 0 Å². The minimum absolute atomic E-state index is 0.260. The maximum absolute atomic E-state index is 5.44. The van der Waals surface area contributed by atoms with Crippen molar-refractivity contribution in [1.29, 1.82) is 0 Å². The van der Waals surface area contributed by atoms with E-state index in [1.54, 1.807) is 14.2 Å². The van der Waals surface area contributed by atoms with Gasteiger partial charge in [0.05, 0.1) is 11.6 Å². The Labute approximate surface area is 155 Å². The summed E-state index contributed by atoms with van der Waals surface area (Å²) in [6.07, 6.45) is 0. The van der Waals surface area contributed by atoms with Crippen molar-refractivity contribution >= 4 is 21.9 Å². The fourth-order valence-corrected chi connectivity index (χ4v) is 3.06. The molecular weight excluding hydrogens is 386 g/mol. The van der Waals surface area contributed by atoms with E-state index in [1.165, 1.54) is 0 Å². The van der Waals surface area contributed by atoms with Crippen LogP contribution in [0.1, 0.15) is 11.1 Å². The number of nitrogens with zero attached hydrogens (tertiary/aromatic N) is 1. The van der Waals surface area contributed by atoms with Gasteiger partial charge >= 0.3 is 0 Å². The Bertz CT molecular complexity index is 763. The van der Waals surface area contributed by atoms with Crippen LogP contribution in [0.2, 0.25) is 0 Å². The Morgan fingerprint density at radius 3 is 2.52 bits per heavy atom. The monoisotopic (exact) mass is 405 g/mol. The van der Waals surface area contributed by atoms with Gasteiger partial charge in [-0.05, 0) is 51.3 Å². The first kappa shape index (κ1) is 17.4. The standard InChI is InChI=1S/C18H20BrN3O3/c1-20-18(21-9-12-3-5-14(23-2)6-4-12)22-10-13-7-15(19)17-16(8-13)24-11-25-17/h3-8H,9-11H2,1-2H3,(H2,20,21,22). The van der Waals surface area contributed by atoms with Gasteiger partial charge in [-0.3, -0.25) is 4.99 Å². The van der Waals surface area contributed by atoms with Gasteiger partial charge in [0.25, 0.3) is 0 Å². The molecule has 7 heteroatoms. The molecule has 25 heavy (non-hydrogen) atoms. The Morgan fingerprint density at radius 2 is 1.84 bits per heavy atom. The molecule has 0 aromatic heterocycles. The van der Waals surface area contributed by atoms with Gasteiger partial charge in [0.15, 0.2) is 17.5 Å². The lowest BCUT2D eigenvalue weighted by Crippen LogP contribution is -2.36. The highest BCUT2D eigenvalue weighted by molar-refractivity contribution is 9.10. The molecule has 0 saturated carbocycles. The Kier molecular flexibility index (Phi) is 5.65. The zero-order chi connectivity index (χ0) is 17.6. The molecule has 0 spiro atoms. The fraction of sp³-hybridized carbons (Fsp3) is 0.278. The molecule has 1 heterocycles. The van der Waals surface area contributed by atoms with Crippen LogP contribution in [0.4, 0.5) is 0 Å². The number of methoxy groups -OCH3 is 1. The molecule has 0 aliphatic carbocycles. The topological polar surface area (TPSA) is 64.1 Å². The second kappa shape index (κ2) is 8.11. The molecule has 0 fully saturated rings. The number of hydrogen-bond acceptors (Lipinski definition) is 4. The molecule has 2 aromatic carbocycles. The lowest BCUT2D eigenvalue weighted by molar-refractivity contribution is 0.173. The number of hydrogen-bond donors (Lipinski definition) is 2. The maximum Gasteiger partial charge on any atom is 0.231 e. The third-order valence-corrected chi connectivity index (χ3v) is 4.38. The Balaban J connectivity index is 1.55. The number of fused-ring (bicyclic) bond motifs is 1. The highest BCUT2D eigenvalue weighted by Gasteiger charge is 2.17. The Hall–Kier alpha value is -2.41. The van der Waals surface area contributed by atoms with Crippen LogP contribution in [0.15, 0.2) is 45.9 Å². The molecule has 0 saturated heterocycles. The second-order valence-corrected chi connectivity index (χ2v) is 6.29. The summed E-state index contributed by atoms with van der Waals surface area (Å²) in [7, 11) is 3.41. The predicted octanol–water partition coefficient (Wildman–Crippen LogP) is 3.05. The van der Waals surface area contributed by atoms with Crippen LogP contribution in [0.3, 0.4) is 0 Å². The first-order valence-electron chi connectivity index (χ1n) is 7.85. The number of rotatable bonds is 5. The Morgan fingerprint density at radius 1 is 1.12 bits per heavy atom. The largest absolute Gasteiger partial charge is 0.497 e. The van der Waals surface area contributed by atoms with E-state index in [0.29, 0.717) is 13.1 Å². The molecule has 1 aliphatic rings.